The standard InChI is InChI=1S/C15H24N2O3S/c1-3-11-4-6-12(7-5-11)17-21(18,19)13-8-9-15(20-2)14(16)10-13/h8-12,17H,3-7,16H2,1-2H3. The van der Waals surface area contributed by atoms with E-state index in [1.54, 1.807) is 6.07 Å². The molecule has 118 valence electrons. The van der Waals surface area contributed by atoms with E-state index in [4.69, 9.17) is 10.5 Å². The van der Waals surface area contributed by atoms with E-state index in [9.17, 15) is 8.42 Å². The van der Waals surface area contributed by atoms with E-state index in [0.29, 0.717) is 11.4 Å². The number of hydrogen-bond donors (Lipinski definition) is 2. The summed E-state index contributed by atoms with van der Waals surface area (Å²) in [7, 11) is -2.01. The zero-order chi connectivity index (χ0) is 15.5. The van der Waals surface area contributed by atoms with Crippen molar-refractivity contribution < 1.29 is 13.2 Å². The van der Waals surface area contributed by atoms with Crippen LogP contribution in [0.25, 0.3) is 0 Å². The van der Waals surface area contributed by atoms with Gasteiger partial charge in [-0.1, -0.05) is 13.3 Å². The quantitative estimate of drug-likeness (QED) is 0.819. The summed E-state index contributed by atoms with van der Waals surface area (Å²) in [5.74, 6) is 1.22. The Kier molecular flexibility index (Phi) is 5.11. The largest absolute Gasteiger partial charge is 0.495 e. The number of nitrogens with one attached hydrogen (secondary N) is 1. The summed E-state index contributed by atoms with van der Waals surface area (Å²) in [5.41, 5.74) is 6.11. The van der Waals surface area contributed by atoms with Crippen LogP contribution in [0.4, 0.5) is 5.69 Å². The normalized spacial score (nSPS) is 23.0. The van der Waals surface area contributed by atoms with Gasteiger partial charge >= 0.3 is 0 Å². The first-order chi connectivity index (χ1) is 9.96. The molecule has 5 nitrogen and oxygen atoms in total. The van der Waals surface area contributed by atoms with Crippen molar-refractivity contribution in [2.75, 3.05) is 12.8 Å². The fourth-order valence-corrected chi connectivity index (χ4v) is 4.20. The lowest BCUT2D eigenvalue weighted by atomic mass is 9.85. The molecule has 6 heteroatoms. The van der Waals surface area contributed by atoms with Gasteiger partial charge in [-0.15, -0.1) is 0 Å². The third kappa shape index (κ3) is 3.89. The predicted molar refractivity (Wildman–Crippen MR) is 83.8 cm³/mol. The summed E-state index contributed by atoms with van der Waals surface area (Å²) in [4.78, 5) is 0.193. The SMILES string of the molecule is CCC1CCC(NS(=O)(=O)c2ccc(OC)c(N)c2)CC1. The van der Waals surface area contributed by atoms with Gasteiger partial charge in [0, 0.05) is 6.04 Å². The Hall–Kier alpha value is -1.27. The molecule has 0 spiro atoms. The minimum absolute atomic E-state index is 0.0288. The molecular formula is C15H24N2O3S. The highest BCUT2D eigenvalue weighted by Gasteiger charge is 2.25. The van der Waals surface area contributed by atoms with Crippen LogP contribution in [0.5, 0.6) is 5.75 Å². The summed E-state index contributed by atoms with van der Waals surface area (Å²) in [6.45, 7) is 2.19. The first-order valence-corrected chi connectivity index (χ1v) is 8.90. The lowest BCUT2D eigenvalue weighted by Gasteiger charge is -2.28. The number of nitrogen functional groups attached to an aromatic ring is 1. The van der Waals surface area contributed by atoms with Crippen molar-refractivity contribution in [1.29, 1.82) is 0 Å². The van der Waals surface area contributed by atoms with Crippen molar-refractivity contribution in [1.82, 2.24) is 4.72 Å². The van der Waals surface area contributed by atoms with Gasteiger partial charge in [0.1, 0.15) is 5.75 Å². The fraction of sp³-hybridized carbons (Fsp3) is 0.600. The van der Waals surface area contributed by atoms with E-state index < -0.39 is 10.0 Å². The highest BCUT2D eigenvalue weighted by molar-refractivity contribution is 7.89. The summed E-state index contributed by atoms with van der Waals surface area (Å²) in [5, 5.41) is 0. The second kappa shape index (κ2) is 6.66. The predicted octanol–water partition coefficient (Wildman–Crippen LogP) is 2.52. The molecule has 1 aliphatic carbocycles. The van der Waals surface area contributed by atoms with E-state index in [1.165, 1.54) is 25.7 Å². The average Bonchev–Trinajstić information content (AvgIpc) is 2.47. The molecule has 1 aromatic rings. The minimum Gasteiger partial charge on any atom is -0.495 e. The summed E-state index contributed by atoms with van der Waals surface area (Å²) < 4.78 is 32.6. The monoisotopic (exact) mass is 312 g/mol. The second-order valence-corrected chi connectivity index (χ2v) is 7.36. The number of sulfonamides is 1. The van der Waals surface area contributed by atoms with Crippen LogP contribution in [0.2, 0.25) is 0 Å². The summed E-state index contributed by atoms with van der Waals surface area (Å²) in [6, 6.07) is 4.58. The second-order valence-electron chi connectivity index (χ2n) is 5.65. The maximum absolute atomic E-state index is 12.4. The van der Waals surface area contributed by atoms with Gasteiger partial charge in [-0.05, 0) is 49.8 Å². The molecule has 0 aromatic heterocycles. The fourth-order valence-electron chi connectivity index (χ4n) is 2.86. The molecular weight excluding hydrogens is 288 g/mol. The van der Waals surface area contributed by atoms with Gasteiger partial charge in [0.15, 0.2) is 0 Å². The first-order valence-electron chi connectivity index (χ1n) is 7.42. The summed E-state index contributed by atoms with van der Waals surface area (Å²) >= 11 is 0. The Balaban J connectivity index is 2.07. The van der Waals surface area contributed by atoms with Crippen LogP contribution >= 0.6 is 0 Å². The molecule has 0 atom stereocenters. The zero-order valence-corrected chi connectivity index (χ0v) is 13.4. The molecule has 1 fully saturated rings. The molecule has 0 radical (unpaired) electrons. The van der Waals surface area contributed by atoms with Crippen molar-refractivity contribution in [2.45, 2.75) is 50.0 Å². The van der Waals surface area contributed by atoms with Crippen LogP contribution in [-0.4, -0.2) is 21.6 Å². The molecule has 1 aromatic carbocycles. The summed E-state index contributed by atoms with van der Waals surface area (Å²) in [6.07, 6.45) is 5.17. The number of rotatable bonds is 5. The molecule has 0 unspecified atom stereocenters. The van der Waals surface area contributed by atoms with Crippen molar-refractivity contribution in [3.05, 3.63) is 18.2 Å². The van der Waals surface area contributed by atoms with Crippen LogP contribution in [0.1, 0.15) is 39.0 Å². The first kappa shape index (κ1) is 16.1. The van der Waals surface area contributed by atoms with Crippen LogP contribution in [0.3, 0.4) is 0 Å². The number of nitrogens with two attached hydrogens (primary N) is 1. The van der Waals surface area contributed by atoms with E-state index in [-0.39, 0.29) is 10.9 Å². The van der Waals surface area contributed by atoms with E-state index in [0.717, 1.165) is 31.6 Å². The van der Waals surface area contributed by atoms with Gasteiger partial charge in [0.25, 0.3) is 0 Å². The Bertz CT molecular complexity index is 579. The van der Waals surface area contributed by atoms with Gasteiger partial charge in [-0.2, -0.15) is 0 Å². The molecule has 0 heterocycles. The van der Waals surface area contributed by atoms with Crippen molar-refractivity contribution >= 4 is 15.7 Å². The Labute approximate surface area is 126 Å². The molecule has 2 rings (SSSR count). The number of anilines is 1. The Morgan fingerprint density at radius 2 is 1.95 bits per heavy atom. The average molecular weight is 312 g/mol. The maximum atomic E-state index is 12.4. The lowest BCUT2D eigenvalue weighted by molar-refractivity contribution is 0.306. The Morgan fingerprint density at radius 3 is 2.48 bits per heavy atom. The van der Waals surface area contributed by atoms with E-state index in [1.807, 2.05) is 0 Å². The third-order valence-corrected chi connectivity index (χ3v) is 5.78. The third-order valence-electron chi connectivity index (χ3n) is 4.26. The molecule has 0 amide bonds. The van der Waals surface area contributed by atoms with Crippen LogP contribution in [0.15, 0.2) is 23.1 Å². The lowest BCUT2D eigenvalue weighted by Crippen LogP contribution is -2.37. The van der Waals surface area contributed by atoms with Crippen LogP contribution in [0, 0.1) is 5.92 Å². The van der Waals surface area contributed by atoms with Crippen molar-refractivity contribution in [3.63, 3.8) is 0 Å². The zero-order valence-electron chi connectivity index (χ0n) is 12.6. The van der Waals surface area contributed by atoms with Gasteiger partial charge in [-0.25, -0.2) is 13.1 Å². The molecule has 21 heavy (non-hydrogen) atoms. The number of hydrogen-bond acceptors (Lipinski definition) is 4. The highest BCUT2D eigenvalue weighted by atomic mass is 32.2. The maximum Gasteiger partial charge on any atom is 0.240 e. The Morgan fingerprint density at radius 1 is 1.29 bits per heavy atom. The van der Waals surface area contributed by atoms with Crippen LogP contribution < -0.4 is 15.2 Å². The molecule has 0 aliphatic heterocycles. The van der Waals surface area contributed by atoms with Crippen molar-refractivity contribution in [3.8, 4) is 5.75 Å². The van der Waals surface area contributed by atoms with Crippen molar-refractivity contribution in [2.24, 2.45) is 5.92 Å². The van der Waals surface area contributed by atoms with Gasteiger partial charge in [-0.3, -0.25) is 0 Å². The molecule has 1 aliphatic rings. The van der Waals surface area contributed by atoms with Gasteiger partial charge in [0.05, 0.1) is 17.7 Å². The van der Waals surface area contributed by atoms with Crippen LogP contribution in [-0.2, 0) is 10.0 Å². The van der Waals surface area contributed by atoms with E-state index in [2.05, 4.69) is 11.6 Å². The number of ether oxygens (including phenoxy) is 1. The number of benzene rings is 1. The molecule has 3 N–H and O–H groups in total. The van der Waals surface area contributed by atoms with Gasteiger partial charge in [0.2, 0.25) is 10.0 Å². The van der Waals surface area contributed by atoms with Gasteiger partial charge < -0.3 is 10.5 Å². The number of methoxy groups -OCH3 is 1. The smallest absolute Gasteiger partial charge is 0.240 e. The van der Waals surface area contributed by atoms with E-state index >= 15 is 0 Å². The molecule has 0 saturated heterocycles. The molecule has 1 saturated carbocycles. The highest BCUT2D eigenvalue weighted by Crippen LogP contribution is 2.28. The topological polar surface area (TPSA) is 81.4 Å². The molecule has 0 bridgehead atoms. The minimum atomic E-state index is -3.52.